The molecule has 2 aromatic heterocycles. The highest BCUT2D eigenvalue weighted by atomic mass is 35.5. The Labute approximate surface area is 234 Å². The largest absolute Gasteiger partial charge is 0.496 e. The number of methoxy groups -OCH3 is 1. The van der Waals surface area contributed by atoms with Crippen LogP contribution in [-0.2, 0) is 4.79 Å². The van der Waals surface area contributed by atoms with E-state index in [0.29, 0.717) is 16.7 Å². The topological polar surface area (TPSA) is 137 Å². The number of halogens is 5. The SMILES string of the molecule is C=C(F)C(=O)Nc1ccc(-c2nn3ncnc(N)c3c2-c2ccc(C(=O)NC3(C(F)(F)F)CC3)c(OC)c2)c(Cl)c1. The fourth-order valence-corrected chi connectivity index (χ4v) is 4.56. The van der Waals surface area contributed by atoms with Gasteiger partial charge in [0.1, 0.15) is 28.8 Å². The minimum absolute atomic E-state index is 0.00527. The molecule has 0 aliphatic heterocycles. The third-order valence-electron chi connectivity index (χ3n) is 6.58. The zero-order valence-corrected chi connectivity index (χ0v) is 21.9. The van der Waals surface area contributed by atoms with Gasteiger partial charge in [-0.3, -0.25) is 9.59 Å². The van der Waals surface area contributed by atoms with Crippen molar-refractivity contribution in [1.29, 1.82) is 0 Å². The number of aromatic nitrogens is 4. The molecule has 0 radical (unpaired) electrons. The highest BCUT2D eigenvalue weighted by Gasteiger charge is 2.64. The number of rotatable bonds is 7. The number of nitrogens with two attached hydrogens (primary N) is 1. The van der Waals surface area contributed by atoms with Gasteiger partial charge >= 0.3 is 6.18 Å². The number of nitrogens with zero attached hydrogens (tertiary/aromatic N) is 4. The quantitative estimate of drug-likeness (QED) is 0.205. The second-order valence-corrected chi connectivity index (χ2v) is 9.62. The fourth-order valence-electron chi connectivity index (χ4n) is 4.29. The maximum absolute atomic E-state index is 13.4. The van der Waals surface area contributed by atoms with Gasteiger partial charge in [-0.2, -0.15) is 13.2 Å². The number of anilines is 2. The van der Waals surface area contributed by atoms with E-state index in [2.05, 4.69) is 32.4 Å². The lowest BCUT2D eigenvalue weighted by Crippen LogP contribution is -2.47. The van der Waals surface area contributed by atoms with E-state index >= 15 is 0 Å². The van der Waals surface area contributed by atoms with Gasteiger partial charge in [0.05, 0.1) is 17.7 Å². The van der Waals surface area contributed by atoms with Gasteiger partial charge in [-0.1, -0.05) is 24.2 Å². The number of fused-ring (bicyclic) bond motifs is 1. The minimum Gasteiger partial charge on any atom is -0.496 e. The van der Waals surface area contributed by atoms with Gasteiger partial charge in [-0.25, -0.2) is 9.37 Å². The van der Waals surface area contributed by atoms with Gasteiger partial charge < -0.3 is 21.1 Å². The Kier molecular flexibility index (Phi) is 6.81. The van der Waals surface area contributed by atoms with E-state index in [-0.39, 0.29) is 51.9 Å². The van der Waals surface area contributed by atoms with Crippen molar-refractivity contribution in [2.24, 2.45) is 0 Å². The third-order valence-corrected chi connectivity index (χ3v) is 6.89. The van der Waals surface area contributed by atoms with E-state index in [0.717, 1.165) is 0 Å². The molecule has 10 nitrogen and oxygen atoms in total. The van der Waals surface area contributed by atoms with E-state index in [1.165, 1.54) is 54.5 Å². The molecule has 2 amide bonds. The lowest BCUT2D eigenvalue weighted by Gasteiger charge is -2.21. The number of carbonyl (C=O) groups is 2. The first kappa shape index (κ1) is 27.8. The van der Waals surface area contributed by atoms with E-state index < -0.39 is 29.4 Å². The highest BCUT2D eigenvalue weighted by molar-refractivity contribution is 6.34. The van der Waals surface area contributed by atoms with Crippen molar-refractivity contribution in [3.63, 3.8) is 0 Å². The lowest BCUT2D eigenvalue weighted by atomic mass is 9.97. The summed E-state index contributed by atoms with van der Waals surface area (Å²) in [5.74, 6) is -3.11. The van der Waals surface area contributed by atoms with Crippen LogP contribution in [0.25, 0.3) is 27.9 Å². The van der Waals surface area contributed by atoms with Crippen LogP contribution in [0.4, 0.5) is 29.1 Å². The monoisotopic (exact) mass is 589 g/mol. The molecule has 0 unspecified atom stereocenters. The van der Waals surface area contributed by atoms with Crippen LogP contribution in [0, 0.1) is 0 Å². The summed E-state index contributed by atoms with van der Waals surface area (Å²) in [6, 6.07) is 8.64. The summed E-state index contributed by atoms with van der Waals surface area (Å²) in [5, 5.41) is 13.1. The first-order chi connectivity index (χ1) is 19.3. The molecule has 0 saturated heterocycles. The van der Waals surface area contributed by atoms with Gasteiger partial charge in [-0.05, 0) is 48.7 Å². The Balaban J connectivity index is 1.60. The molecule has 1 aliphatic rings. The van der Waals surface area contributed by atoms with Gasteiger partial charge in [0.25, 0.3) is 11.8 Å². The molecular weight excluding hydrogens is 570 g/mol. The molecule has 4 aromatic rings. The van der Waals surface area contributed by atoms with Crippen LogP contribution in [0.15, 0.2) is 55.1 Å². The number of hydrogen-bond acceptors (Lipinski definition) is 7. The molecule has 2 aromatic carbocycles. The summed E-state index contributed by atoms with van der Waals surface area (Å²) in [5.41, 5.74) is 5.67. The van der Waals surface area contributed by atoms with Crippen molar-refractivity contribution in [1.82, 2.24) is 25.1 Å². The molecular formula is C26H20ClF4N7O3. The van der Waals surface area contributed by atoms with Crippen LogP contribution < -0.4 is 21.1 Å². The third kappa shape index (κ3) is 5.01. The average Bonchev–Trinajstić information content (AvgIpc) is 3.60. The van der Waals surface area contributed by atoms with Crippen LogP contribution in [0.2, 0.25) is 5.02 Å². The summed E-state index contributed by atoms with van der Waals surface area (Å²) in [6.45, 7) is 2.94. The molecule has 15 heteroatoms. The van der Waals surface area contributed by atoms with Crippen molar-refractivity contribution < 1.29 is 31.9 Å². The Hall–Kier alpha value is -4.72. The molecule has 1 saturated carbocycles. The lowest BCUT2D eigenvalue weighted by molar-refractivity contribution is -0.163. The number of hydrogen-bond donors (Lipinski definition) is 3. The maximum Gasteiger partial charge on any atom is 0.411 e. The molecule has 0 bridgehead atoms. The van der Waals surface area contributed by atoms with Crippen LogP contribution >= 0.6 is 11.6 Å². The van der Waals surface area contributed by atoms with Gasteiger partial charge in [0.15, 0.2) is 11.6 Å². The highest BCUT2D eigenvalue weighted by Crippen LogP contribution is 2.49. The van der Waals surface area contributed by atoms with Crippen molar-refractivity contribution in [3.8, 4) is 28.1 Å². The average molecular weight is 590 g/mol. The standard InChI is InChI=1S/C26H20ClF4N7O3/c1-12(28)23(39)35-14-4-6-15(17(27)10-14)20-19(21-22(32)33-11-34-38(21)37-20)13-3-5-16(18(9-13)41-2)24(40)36-25(7-8-25)26(29,30)31/h3-6,9-11H,1,7-8H2,2H3,(H,35,39)(H,36,40)(H2,32,33,34). The van der Waals surface area contributed by atoms with Crippen LogP contribution in [0.5, 0.6) is 5.75 Å². The summed E-state index contributed by atoms with van der Waals surface area (Å²) in [4.78, 5) is 28.5. The molecule has 212 valence electrons. The predicted molar refractivity (Wildman–Crippen MR) is 142 cm³/mol. The molecule has 0 spiro atoms. The molecule has 1 fully saturated rings. The molecule has 5 rings (SSSR count). The van der Waals surface area contributed by atoms with Crippen molar-refractivity contribution >= 4 is 40.4 Å². The smallest absolute Gasteiger partial charge is 0.411 e. The first-order valence-electron chi connectivity index (χ1n) is 11.9. The Bertz CT molecular complexity index is 1730. The second kappa shape index (κ2) is 10.0. The summed E-state index contributed by atoms with van der Waals surface area (Å²) in [7, 11) is 1.27. The molecule has 4 N–H and O–H groups in total. The number of nitrogen functional groups attached to an aromatic ring is 1. The summed E-state index contributed by atoms with van der Waals surface area (Å²) >= 11 is 6.53. The Morgan fingerprint density at radius 2 is 1.93 bits per heavy atom. The summed E-state index contributed by atoms with van der Waals surface area (Å²) in [6.07, 6.45) is -3.81. The normalized spacial score (nSPS) is 14.0. The number of ether oxygens (including phenoxy) is 1. The molecule has 0 atom stereocenters. The number of carbonyl (C=O) groups excluding carboxylic acids is 2. The second-order valence-electron chi connectivity index (χ2n) is 9.21. The van der Waals surface area contributed by atoms with Crippen LogP contribution in [-0.4, -0.2) is 50.5 Å². The van der Waals surface area contributed by atoms with Gasteiger partial charge in [0.2, 0.25) is 0 Å². The maximum atomic E-state index is 13.4. The Morgan fingerprint density at radius 3 is 2.54 bits per heavy atom. The first-order valence-corrected chi connectivity index (χ1v) is 12.3. The number of benzene rings is 2. The Morgan fingerprint density at radius 1 is 1.20 bits per heavy atom. The zero-order chi connectivity index (χ0) is 29.7. The van der Waals surface area contributed by atoms with E-state index in [1.54, 1.807) is 0 Å². The van der Waals surface area contributed by atoms with E-state index in [1.807, 2.05) is 0 Å². The number of amides is 2. The van der Waals surface area contributed by atoms with Crippen LogP contribution in [0.1, 0.15) is 23.2 Å². The van der Waals surface area contributed by atoms with Gasteiger partial charge in [0, 0.05) is 16.8 Å². The van der Waals surface area contributed by atoms with Gasteiger partial charge in [-0.15, -0.1) is 14.8 Å². The molecule has 41 heavy (non-hydrogen) atoms. The van der Waals surface area contributed by atoms with Crippen molar-refractivity contribution in [3.05, 3.63) is 65.7 Å². The molecule has 1 aliphatic carbocycles. The van der Waals surface area contributed by atoms with E-state index in [4.69, 9.17) is 22.1 Å². The van der Waals surface area contributed by atoms with Crippen LogP contribution in [0.3, 0.4) is 0 Å². The zero-order valence-electron chi connectivity index (χ0n) is 21.1. The number of nitrogens with one attached hydrogen (secondary N) is 2. The van der Waals surface area contributed by atoms with Crippen molar-refractivity contribution in [2.75, 3.05) is 18.2 Å². The summed E-state index contributed by atoms with van der Waals surface area (Å²) < 4.78 is 60.0. The predicted octanol–water partition coefficient (Wildman–Crippen LogP) is 4.95. The number of alkyl halides is 3. The van der Waals surface area contributed by atoms with Crippen molar-refractivity contribution in [2.45, 2.75) is 24.6 Å². The minimum atomic E-state index is -4.59. The van der Waals surface area contributed by atoms with E-state index in [9.17, 15) is 27.2 Å². The fraction of sp³-hybridized carbons (Fsp3) is 0.192. The molecule has 2 heterocycles.